The van der Waals surface area contributed by atoms with Crippen molar-refractivity contribution in [3.63, 3.8) is 0 Å². The van der Waals surface area contributed by atoms with Gasteiger partial charge in [0.15, 0.2) is 0 Å². The van der Waals surface area contributed by atoms with Crippen LogP contribution >= 0.6 is 0 Å². The van der Waals surface area contributed by atoms with Gasteiger partial charge >= 0.3 is 0 Å². The van der Waals surface area contributed by atoms with Gasteiger partial charge in [-0.05, 0) is 56.4 Å². The van der Waals surface area contributed by atoms with Gasteiger partial charge in [0, 0.05) is 84.3 Å². The normalized spacial score (nSPS) is 21.4. The van der Waals surface area contributed by atoms with Crippen molar-refractivity contribution in [2.24, 2.45) is 29.6 Å². The third-order valence-electron chi connectivity index (χ3n) is 12.1. The van der Waals surface area contributed by atoms with Gasteiger partial charge in [0.05, 0.1) is 30.7 Å². The van der Waals surface area contributed by atoms with Crippen LogP contribution in [0.25, 0.3) is 0 Å². The average molecular weight is 743 g/mol. The van der Waals surface area contributed by atoms with E-state index in [0.29, 0.717) is 32.5 Å². The molecule has 0 unspecified atom stereocenters. The lowest BCUT2D eigenvalue weighted by Gasteiger charge is -2.44. The number of ketones is 1. The van der Waals surface area contributed by atoms with Crippen molar-refractivity contribution in [2.75, 3.05) is 54.1 Å². The van der Waals surface area contributed by atoms with E-state index in [0.717, 1.165) is 24.9 Å². The molecule has 2 fully saturated rings. The summed E-state index contributed by atoms with van der Waals surface area (Å²) in [6.45, 7) is 16.6. The molecule has 300 valence electrons. The molecule has 53 heavy (non-hydrogen) atoms. The smallest absolute Gasteiger partial charge is 0.226 e. The molecular formula is C42H70N4O7. The second kappa shape index (κ2) is 20.7. The highest BCUT2D eigenvalue weighted by Crippen LogP contribution is 2.32. The Kier molecular flexibility index (Phi) is 17.4. The molecule has 0 spiro atoms. The first-order chi connectivity index (χ1) is 25.1. The van der Waals surface area contributed by atoms with Crippen LogP contribution in [-0.2, 0) is 35.1 Å². The van der Waals surface area contributed by atoms with Crippen LogP contribution in [0.2, 0.25) is 0 Å². The maximum Gasteiger partial charge on any atom is 0.226 e. The number of likely N-dealkylation sites (tertiary alicyclic amines) is 1. The Bertz CT molecular complexity index is 1320. The Balaban J connectivity index is 1.75. The fraction of sp³-hybridized carbons (Fsp3) is 0.762. The summed E-state index contributed by atoms with van der Waals surface area (Å²) >= 11 is 0. The molecule has 3 rings (SSSR count). The third kappa shape index (κ3) is 11.6. The summed E-state index contributed by atoms with van der Waals surface area (Å²) in [5.41, 5.74) is 0.739. The minimum atomic E-state index is -0.577. The highest BCUT2D eigenvalue weighted by Gasteiger charge is 2.43. The molecule has 2 saturated heterocycles. The zero-order valence-corrected chi connectivity index (χ0v) is 34.3. The lowest BCUT2D eigenvalue weighted by Crippen LogP contribution is -2.60. The Morgan fingerprint density at radius 3 is 2.23 bits per heavy atom. The van der Waals surface area contributed by atoms with E-state index in [1.54, 1.807) is 26.2 Å². The van der Waals surface area contributed by atoms with Crippen molar-refractivity contribution in [2.45, 2.75) is 123 Å². The van der Waals surface area contributed by atoms with Crippen molar-refractivity contribution < 1.29 is 33.8 Å². The SMILES string of the molecule is CC[C@H](C)[C@@H]([C@@H](CC(=O)N1CCC[C@H]1[C@H](OC)[C@@H](C)C(=O)C[C@H](CO)Cc1ccccc1)OC)N(C)C(=O)[C@@H](CC(=O)N1CCNCC1(C)C)C(C)C. The molecule has 3 amide bonds. The Hall–Kier alpha value is -2.86. The molecule has 0 radical (unpaired) electrons. The molecule has 2 N–H and O–H groups in total. The summed E-state index contributed by atoms with van der Waals surface area (Å²) in [6.07, 6.45) is 2.25. The number of aliphatic hydroxyl groups is 1. The molecule has 0 bridgehead atoms. The first kappa shape index (κ1) is 44.5. The fourth-order valence-electron chi connectivity index (χ4n) is 8.57. The summed E-state index contributed by atoms with van der Waals surface area (Å²) < 4.78 is 12.0. The summed E-state index contributed by atoms with van der Waals surface area (Å²) in [6, 6.07) is 9.19. The summed E-state index contributed by atoms with van der Waals surface area (Å²) in [4.78, 5) is 61.3. The van der Waals surface area contributed by atoms with E-state index >= 15 is 0 Å². The fourth-order valence-corrected chi connectivity index (χ4v) is 8.57. The number of likely N-dealkylation sites (N-methyl/N-ethyl adjacent to an activating group) is 1. The molecule has 0 aromatic heterocycles. The van der Waals surface area contributed by atoms with Crippen LogP contribution in [0.5, 0.6) is 0 Å². The van der Waals surface area contributed by atoms with E-state index in [1.807, 2.05) is 74.8 Å². The number of amides is 3. The van der Waals surface area contributed by atoms with Crippen LogP contribution in [0.15, 0.2) is 30.3 Å². The van der Waals surface area contributed by atoms with Crippen molar-refractivity contribution in [1.82, 2.24) is 20.0 Å². The predicted octanol–water partition coefficient (Wildman–Crippen LogP) is 4.59. The lowest BCUT2D eigenvalue weighted by molar-refractivity contribution is -0.151. The van der Waals surface area contributed by atoms with E-state index < -0.39 is 30.1 Å². The molecule has 0 saturated carbocycles. The summed E-state index contributed by atoms with van der Waals surface area (Å²) in [7, 11) is 4.98. The van der Waals surface area contributed by atoms with Gasteiger partial charge in [-0.15, -0.1) is 0 Å². The number of rotatable bonds is 20. The highest BCUT2D eigenvalue weighted by molar-refractivity contribution is 5.87. The molecule has 11 heteroatoms. The number of nitrogens with one attached hydrogen (secondary N) is 1. The Morgan fingerprint density at radius 2 is 1.66 bits per heavy atom. The number of carbonyl (C=O) groups is 4. The standard InChI is InChI=1S/C42H70N4O7/c1-11-29(4)39(44(8)41(51)33(28(2)3)24-38(50)46-21-19-43-27-42(46,6)7)36(52-9)25-37(49)45-20-15-18-34(45)40(53-10)30(5)35(48)23-32(26-47)22-31-16-13-12-14-17-31/h12-14,16-17,28-30,32-34,36,39-40,43,47H,11,15,18-27H2,1-10H3/t29-,30-,32+,33-,34-,36+,39-,40+/m0/s1. The molecule has 2 aliphatic rings. The van der Waals surface area contributed by atoms with Crippen LogP contribution in [0.4, 0.5) is 0 Å². The molecule has 11 nitrogen and oxygen atoms in total. The number of methoxy groups -OCH3 is 2. The number of piperazine rings is 1. The van der Waals surface area contributed by atoms with Gasteiger partial charge in [0.1, 0.15) is 5.78 Å². The monoisotopic (exact) mass is 743 g/mol. The van der Waals surface area contributed by atoms with Crippen LogP contribution in [0.1, 0.15) is 92.6 Å². The largest absolute Gasteiger partial charge is 0.396 e. The van der Waals surface area contributed by atoms with E-state index in [2.05, 4.69) is 19.2 Å². The Morgan fingerprint density at radius 1 is 0.981 bits per heavy atom. The molecule has 2 aliphatic heterocycles. The third-order valence-corrected chi connectivity index (χ3v) is 12.1. The van der Waals surface area contributed by atoms with Crippen molar-refractivity contribution in [3.05, 3.63) is 35.9 Å². The van der Waals surface area contributed by atoms with E-state index in [1.165, 1.54) is 0 Å². The second-order valence-corrected chi connectivity index (χ2v) is 16.6. The number of nitrogens with zero attached hydrogens (tertiary/aromatic N) is 3. The number of ether oxygens (including phenoxy) is 2. The molecular weight excluding hydrogens is 672 g/mol. The zero-order valence-electron chi connectivity index (χ0n) is 34.3. The van der Waals surface area contributed by atoms with Crippen molar-refractivity contribution in [3.8, 4) is 0 Å². The molecule has 1 aromatic rings. The van der Waals surface area contributed by atoms with Gasteiger partial charge in [0.2, 0.25) is 17.7 Å². The topological polar surface area (TPSA) is 129 Å². The van der Waals surface area contributed by atoms with E-state index in [4.69, 9.17) is 9.47 Å². The van der Waals surface area contributed by atoms with Crippen LogP contribution in [0, 0.1) is 29.6 Å². The summed E-state index contributed by atoms with van der Waals surface area (Å²) in [5.74, 6) is -1.44. The zero-order chi connectivity index (χ0) is 39.5. The van der Waals surface area contributed by atoms with Gasteiger partial charge in [0.25, 0.3) is 0 Å². The Labute approximate surface area is 319 Å². The highest BCUT2D eigenvalue weighted by atomic mass is 16.5. The number of carbonyl (C=O) groups excluding carboxylic acids is 4. The molecule has 0 aliphatic carbocycles. The predicted molar refractivity (Wildman–Crippen MR) is 208 cm³/mol. The van der Waals surface area contributed by atoms with Gasteiger partial charge < -0.3 is 34.6 Å². The molecule has 8 atom stereocenters. The molecule has 2 heterocycles. The first-order valence-electron chi connectivity index (χ1n) is 19.9. The van der Waals surface area contributed by atoms with Crippen LogP contribution < -0.4 is 5.32 Å². The minimum absolute atomic E-state index is 0.0107. The van der Waals surface area contributed by atoms with Gasteiger partial charge in [-0.25, -0.2) is 0 Å². The molecule has 1 aromatic carbocycles. The number of aliphatic hydroxyl groups excluding tert-OH is 1. The maximum absolute atomic E-state index is 14.3. The van der Waals surface area contributed by atoms with Gasteiger partial charge in [-0.3, -0.25) is 19.2 Å². The average Bonchev–Trinajstić information content (AvgIpc) is 3.62. The van der Waals surface area contributed by atoms with E-state index in [-0.39, 0.29) is 78.7 Å². The van der Waals surface area contributed by atoms with Crippen LogP contribution in [0.3, 0.4) is 0 Å². The number of hydrogen-bond donors (Lipinski definition) is 2. The van der Waals surface area contributed by atoms with Crippen LogP contribution in [-0.4, -0.2) is 127 Å². The van der Waals surface area contributed by atoms with Crippen molar-refractivity contribution >= 4 is 23.5 Å². The number of benzene rings is 1. The van der Waals surface area contributed by atoms with Crippen molar-refractivity contribution in [1.29, 1.82) is 0 Å². The van der Waals surface area contributed by atoms with Gasteiger partial charge in [-0.1, -0.05) is 71.4 Å². The second-order valence-electron chi connectivity index (χ2n) is 16.6. The van der Waals surface area contributed by atoms with Gasteiger partial charge in [-0.2, -0.15) is 0 Å². The number of Topliss-reactive ketones (excluding diaryl/α,β-unsaturated/α-hetero) is 1. The first-order valence-corrected chi connectivity index (χ1v) is 19.9. The maximum atomic E-state index is 14.3. The number of hydrogen-bond acceptors (Lipinski definition) is 8. The summed E-state index contributed by atoms with van der Waals surface area (Å²) in [5, 5.41) is 13.5. The minimum Gasteiger partial charge on any atom is -0.396 e. The quantitative estimate of drug-likeness (QED) is 0.199. The lowest BCUT2D eigenvalue weighted by atomic mass is 9.85. The van der Waals surface area contributed by atoms with E-state index in [9.17, 15) is 24.3 Å².